The second-order valence-electron chi connectivity index (χ2n) is 5.57. The van der Waals surface area contributed by atoms with Crippen LogP contribution in [0.25, 0.3) is 16.8 Å². The number of benzene rings is 2. The van der Waals surface area contributed by atoms with Crippen LogP contribution < -0.4 is 0 Å². The first kappa shape index (κ1) is 16.2. The Hall–Kier alpha value is -3.26. The molecule has 4 aromatic rings. The molecule has 0 aliphatic heterocycles. The van der Waals surface area contributed by atoms with Crippen LogP contribution in [0.15, 0.2) is 84.3 Å². The highest BCUT2D eigenvalue weighted by Crippen LogP contribution is 2.24. The molecule has 130 valence electrons. The summed E-state index contributed by atoms with van der Waals surface area (Å²) in [6.45, 7) is 0. The predicted octanol–water partition coefficient (Wildman–Crippen LogP) is 3.11. The summed E-state index contributed by atoms with van der Waals surface area (Å²) in [6.07, 6.45) is 6.04. The predicted molar refractivity (Wildman–Crippen MR) is 93.8 cm³/mol. The van der Waals surface area contributed by atoms with E-state index >= 15 is 0 Å². The highest BCUT2D eigenvalue weighted by Gasteiger charge is 2.18. The smallest absolute Gasteiger partial charge is 0.241 e. The minimum absolute atomic E-state index is 0.131. The van der Waals surface area contributed by atoms with E-state index in [2.05, 4.69) is 10.2 Å². The van der Waals surface area contributed by atoms with Gasteiger partial charge in [-0.2, -0.15) is 22.7 Å². The molecule has 2 aromatic carbocycles. The van der Waals surface area contributed by atoms with Gasteiger partial charge in [0.15, 0.2) is 0 Å². The van der Waals surface area contributed by atoms with Crippen molar-refractivity contribution in [3.8, 4) is 16.8 Å². The Morgan fingerprint density at radius 2 is 1.73 bits per heavy atom. The maximum atomic E-state index is 14.0. The summed E-state index contributed by atoms with van der Waals surface area (Å²) in [5.74, 6) is -0.452. The molecule has 0 fully saturated rings. The average molecular weight is 368 g/mol. The minimum atomic E-state index is -3.80. The number of aromatic nitrogens is 4. The highest BCUT2D eigenvalue weighted by atomic mass is 32.2. The Labute approximate surface area is 149 Å². The fourth-order valence-electron chi connectivity index (χ4n) is 2.58. The molecule has 6 nitrogen and oxygen atoms in total. The molecule has 26 heavy (non-hydrogen) atoms. The van der Waals surface area contributed by atoms with Crippen molar-refractivity contribution < 1.29 is 12.8 Å². The molecule has 0 aliphatic carbocycles. The number of hydrogen-bond acceptors (Lipinski definition) is 4. The van der Waals surface area contributed by atoms with Crippen LogP contribution in [-0.4, -0.2) is 27.4 Å². The third-order valence-corrected chi connectivity index (χ3v) is 5.39. The number of rotatable bonds is 4. The lowest BCUT2D eigenvalue weighted by atomic mass is 10.1. The van der Waals surface area contributed by atoms with Crippen LogP contribution in [0.2, 0.25) is 0 Å². The van der Waals surface area contributed by atoms with Gasteiger partial charge in [0, 0.05) is 18.0 Å². The van der Waals surface area contributed by atoms with E-state index in [4.69, 9.17) is 0 Å². The Morgan fingerprint density at radius 1 is 0.923 bits per heavy atom. The SMILES string of the molecule is O=S(=O)(c1ccccc1)n1cc(-c2cc(F)cc(-n3cccn3)c2)cn1. The summed E-state index contributed by atoms with van der Waals surface area (Å²) in [4.78, 5) is 0.131. The summed E-state index contributed by atoms with van der Waals surface area (Å²) in [5, 5.41) is 8.03. The van der Waals surface area contributed by atoms with Crippen LogP contribution in [0, 0.1) is 5.82 Å². The summed E-state index contributed by atoms with van der Waals surface area (Å²) in [7, 11) is -3.80. The second kappa shape index (κ2) is 6.23. The highest BCUT2D eigenvalue weighted by molar-refractivity contribution is 7.89. The van der Waals surface area contributed by atoms with Crippen molar-refractivity contribution in [1.82, 2.24) is 19.0 Å². The normalized spacial score (nSPS) is 11.6. The average Bonchev–Trinajstić information content (AvgIpc) is 3.34. The van der Waals surface area contributed by atoms with Gasteiger partial charge in [0.25, 0.3) is 10.0 Å². The Bertz CT molecular complexity index is 1150. The molecule has 2 heterocycles. The van der Waals surface area contributed by atoms with Crippen molar-refractivity contribution in [3.63, 3.8) is 0 Å². The van der Waals surface area contributed by atoms with Crippen molar-refractivity contribution in [2.45, 2.75) is 4.90 Å². The van der Waals surface area contributed by atoms with Crippen LogP contribution in [0.4, 0.5) is 4.39 Å². The molecule has 4 rings (SSSR count). The molecule has 0 saturated carbocycles. The monoisotopic (exact) mass is 368 g/mol. The van der Waals surface area contributed by atoms with Gasteiger partial charge in [-0.1, -0.05) is 18.2 Å². The van der Waals surface area contributed by atoms with Gasteiger partial charge in [-0.25, -0.2) is 9.07 Å². The molecule has 0 unspecified atom stereocenters. The maximum Gasteiger partial charge on any atom is 0.282 e. The van der Waals surface area contributed by atoms with Crippen molar-refractivity contribution in [1.29, 1.82) is 0 Å². The van der Waals surface area contributed by atoms with E-state index in [0.717, 1.165) is 4.09 Å². The zero-order valence-corrected chi connectivity index (χ0v) is 14.2. The van der Waals surface area contributed by atoms with Crippen molar-refractivity contribution >= 4 is 10.0 Å². The molecular weight excluding hydrogens is 355 g/mol. The molecule has 0 N–H and O–H groups in total. The van der Waals surface area contributed by atoms with Gasteiger partial charge in [0.05, 0.1) is 23.0 Å². The van der Waals surface area contributed by atoms with Gasteiger partial charge < -0.3 is 0 Å². The van der Waals surface area contributed by atoms with E-state index in [1.807, 2.05) is 0 Å². The number of nitrogens with zero attached hydrogens (tertiary/aromatic N) is 4. The van der Waals surface area contributed by atoms with Gasteiger partial charge >= 0.3 is 0 Å². The molecule has 0 spiro atoms. The van der Waals surface area contributed by atoms with Crippen LogP contribution in [0.3, 0.4) is 0 Å². The van der Waals surface area contributed by atoms with Gasteiger partial charge in [0.2, 0.25) is 0 Å². The fourth-order valence-corrected chi connectivity index (χ4v) is 3.72. The molecule has 2 aromatic heterocycles. The van der Waals surface area contributed by atoms with Gasteiger partial charge in [0.1, 0.15) is 5.82 Å². The fraction of sp³-hybridized carbons (Fsp3) is 0. The number of halogens is 1. The van der Waals surface area contributed by atoms with Crippen LogP contribution >= 0.6 is 0 Å². The Kier molecular flexibility index (Phi) is 3.89. The first-order chi connectivity index (χ1) is 12.5. The summed E-state index contributed by atoms with van der Waals surface area (Å²) < 4.78 is 41.7. The van der Waals surface area contributed by atoms with Gasteiger partial charge in [-0.05, 0) is 42.0 Å². The van der Waals surface area contributed by atoms with E-state index in [1.54, 1.807) is 42.7 Å². The Balaban J connectivity index is 1.75. The van der Waals surface area contributed by atoms with Crippen LogP contribution in [-0.2, 0) is 10.0 Å². The third kappa shape index (κ3) is 2.91. The first-order valence-electron chi connectivity index (χ1n) is 7.70. The van der Waals surface area contributed by atoms with Crippen LogP contribution in [0.5, 0.6) is 0 Å². The molecule has 0 amide bonds. The molecule has 0 atom stereocenters. The quantitative estimate of drug-likeness (QED) is 0.555. The summed E-state index contributed by atoms with van der Waals surface area (Å²) in [5.41, 5.74) is 1.52. The first-order valence-corrected chi connectivity index (χ1v) is 9.14. The lowest BCUT2D eigenvalue weighted by Crippen LogP contribution is -2.13. The molecule has 8 heteroatoms. The number of hydrogen-bond donors (Lipinski definition) is 0. The lowest BCUT2D eigenvalue weighted by Gasteiger charge is -2.05. The molecule has 0 bridgehead atoms. The molecular formula is C18H13FN4O2S. The lowest BCUT2D eigenvalue weighted by molar-refractivity contribution is 0.580. The third-order valence-electron chi connectivity index (χ3n) is 3.83. The maximum absolute atomic E-state index is 14.0. The van der Waals surface area contributed by atoms with E-state index in [-0.39, 0.29) is 4.90 Å². The van der Waals surface area contributed by atoms with Gasteiger partial charge in [-0.15, -0.1) is 0 Å². The zero-order chi connectivity index (χ0) is 18.1. The minimum Gasteiger partial charge on any atom is -0.241 e. The van der Waals surface area contributed by atoms with Gasteiger partial charge in [-0.3, -0.25) is 0 Å². The van der Waals surface area contributed by atoms with E-state index in [0.29, 0.717) is 16.8 Å². The van der Waals surface area contributed by atoms with Crippen molar-refractivity contribution in [2.75, 3.05) is 0 Å². The van der Waals surface area contributed by atoms with E-state index in [1.165, 1.54) is 41.3 Å². The van der Waals surface area contributed by atoms with Crippen molar-refractivity contribution in [3.05, 3.63) is 85.2 Å². The second-order valence-corrected chi connectivity index (χ2v) is 7.36. The largest absolute Gasteiger partial charge is 0.282 e. The zero-order valence-electron chi connectivity index (χ0n) is 13.4. The van der Waals surface area contributed by atoms with Crippen molar-refractivity contribution in [2.24, 2.45) is 0 Å². The topological polar surface area (TPSA) is 69.8 Å². The van der Waals surface area contributed by atoms with E-state index in [9.17, 15) is 12.8 Å². The molecule has 0 radical (unpaired) electrons. The molecule has 0 saturated heterocycles. The standard InChI is InChI=1S/C18H13FN4O2S/c19-16-9-14(10-17(11-16)22-8-4-7-20-22)15-12-21-23(13-15)26(24,25)18-5-2-1-3-6-18/h1-13H. The summed E-state index contributed by atoms with van der Waals surface area (Å²) >= 11 is 0. The summed E-state index contributed by atoms with van der Waals surface area (Å²) in [6, 6.07) is 14.1. The van der Waals surface area contributed by atoms with E-state index < -0.39 is 15.8 Å². The van der Waals surface area contributed by atoms with Crippen LogP contribution in [0.1, 0.15) is 0 Å². The Morgan fingerprint density at radius 3 is 2.46 bits per heavy atom. The molecule has 0 aliphatic rings.